The Balaban J connectivity index is 2.73. The first-order chi connectivity index (χ1) is 6.15. The highest BCUT2D eigenvalue weighted by Crippen LogP contribution is 2.16. The first-order valence-electron chi connectivity index (χ1n) is 3.58. The molecule has 0 aliphatic rings. The molecule has 0 aliphatic heterocycles. The third-order valence-electron chi connectivity index (χ3n) is 1.26. The van der Waals surface area contributed by atoms with Gasteiger partial charge in [0.05, 0.1) is 6.61 Å². The maximum Gasteiger partial charge on any atom is 0.374 e. The average molecular weight is 186 g/mol. The topological polar surface area (TPSA) is 86.0 Å². The summed E-state index contributed by atoms with van der Waals surface area (Å²) in [6.45, 7) is 1.86. The van der Waals surface area contributed by atoms with E-state index in [1.807, 2.05) is 0 Å². The standard InChI is InChI=1S/C7H8NO5/c1-2-12-7(9)5-3-4-6(13-5)8(10)11/h3-4,10H,2H2,1H3/q-1. The van der Waals surface area contributed by atoms with Crippen LogP contribution in [0.5, 0.6) is 0 Å². The molecular weight excluding hydrogens is 178 g/mol. The lowest BCUT2D eigenvalue weighted by molar-refractivity contribution is 0.0489. The van der Waals surface area contributed by atoms with E-state index < -0.39 is 11.2 Å². The van der Waals surface area contributed by atoms with Crippen molar-refractivity contribution in [3.63, 3.8) is 0 Å². The second kappa shape index (κ2) is 3.92. The fraction of sp³-hybridized carbons (Fsp3) is 0.286. The molecule has 6 nitrogen and oxygen atoms in total. The molecule has 0 unspecified atom stereocenters. The van der Waals surface area contributed by atoms with Gasteiger partial charge in [-0.15, -0.1) is 0 Å². The molecule has 0 saturated heterocycles. The maximum atomic E-state index is 11.0. The minimum atomic E-state index is -0.671. The summed E-state index contributed by atoms with van der Waals surface area (Å²) in [7, 11) is 0. The van der Waals surface area contributed by atoms with Gasteiger partial charge in [-0.1, -0.05) is 0 Å². The summed E-state index contributed by atoms with van der Waals surface area (Å²) in [6, 6.07) is 2.41. The number of carbonyl (C=O) groups is 1. The molecule has 0 aliphatic carbocycles. The summed E-state index contributed by atoms with van der Waals surface area (Å²) in [5.74, 6) is -1.15. The minimum Gasteiger partial charge on any atom is -0.731 e. The van der Waals surface area contributed by atoms with Crippen molar-refractivity contribution in [1.29, 1.82) is 0 Å². The smallest absolute Gasteiger partial charge is 0.374 e. The predicted molar refractivity (Wildman–Crippen MR) is 42.3 cm³/mol. The van der Waals surface area contributed by atoms with Crippen LogP contribution in [0.1, 0.15) is 17.5 Å². The van der Waals surface area contributed by atoms with Gasteiger partial charge in [-0.25, -0.2) is 4.79 Å². The third kappa shape index (κ3) is 2.20. The second-order valence-electron chi connectivity index (χ2n) is 2.13. The van der Waals surface area contributed by atoms with E-state index in [1.165, 1.54) is 12.1 Å². The Morgan fingerprint density at radius 1 is 1.77 bits per heavy atom. The molecule has 0 bridgehead atoms. The number of esters is 1. The van der Waals surface area contributed by atoms with Gasteiger partial charge in [-0.3, -0.25) is 10.4 Å². The summed E-state index contributed by atoms with van der Waals surface area (Å²) < 4.78 is 9.23. The molecule has 0 spiro atoms. The van der Waals surface area contributed by atoms with Gasteiger partial charge in [0.25, 0.3) is 0 Å². The van der Waals surface area contributed by atoms with Crippen LogP contribution < -0.4 is 5.23 Å². The van der Waals surface area contributed by atoms with Crippen LogP contribution >= 0.6 is 0 Å². The van der Waals surface area contributed by atoms with E-state index >= 15 is 0 Å². The summed E-state index contributed by atoms with van der Waals surface area (Å²) in [5, 5.41) is 18.2. The van der Waals surface area contributed by atoms with E-state index in [9.17, 15) is 10.0 Å². The van der Waals surface area contributed by atoms with Crippen LogP contribution in [-0.4, -0.2) is 17.8 Å². The van der Waals surface area contributed by atoms with Gasteiger partial charge in [-0.05, 0) is 13.0 Å². The van der Waals surface area contributed by atoms with Crippen molar-refractivity contribution in [1.82, 2.24) is 0 Å². The fourth-order valence-corrected chi connectivity index (χ4v) is 0.742. The lowest BCUT2D eigenvalue weighted by atomic mass is 10.4. The quantitative estimate of drug-likeness (QED) is 0.562. The molecule has 1 aromatic rings. The van der Waals surface area contributed by atoms with Gasteiger partial charge in [0.15, 0.2) is 0 Å². The zero-order chi connectivity index (χ0) is 9.84. The molecule has 13 heavy (non-hydrogen) atoms. The summed E-state index contributed by atoms with van der Waals surface area (Å²) >= 11 is 0. The molecule has 0 fully saturated rings. The predicted octanol–water partition coefficient (Wildman–Crippen LogP) is 1.15. The number of anilines is 1. The van der Waals surface area contributed by atoms with Gasteiger partial charge >= 0.3 is 5.97 Å². The van der Waals surface area contributed by atoms with Gasteiger partial charge in [0.1, 0.15) is 0 Å². The third-order valence-corrected chi connectivity index (χ3v) is 1.26. The van der Waals surface area contributed by atoms with Crippen LogP contribution in [0.4, 0.5) is 5.88 Å². The van der Waals surface area contributed by atoms with Gasteiger partial charge in [-0.2, -0.15) is 0 Å². The number of rotatable bonds is 3. The molecule has 1 aromatic heterocycles. The van der Waals surface area contributed by atoms with Crippen molar-refractivity contribution in [2.24, 2.45) is 0 Å². The van der Waals surface area contributed by atoms with E-state index in [2.05, 4.69) is 9.15 Å². The molecular formula is C7H8NO5-. The normalized spacial score (nSPS) is 9.77. The first kappa shape index (κ1) is 9.56. The van der Waals surface area contributed by atoms with Crippen LogP contribution in [0.3, 0.4) is 0 Å². The van der Waals surface area contributed by atoms with Crippen LogP contribution in [0.15, 0.2) is 16.5 Å². The summed E-state index contributed by atoms with van der Waals surface area (Å²) in [5.41, 5.74) is 0. The van der Waals surface area contributed by atoms with Crippen molar-refractivity contribution in [2.45, 2.75) is 6.92 Å². The molecule has 1 rings (SSSR count). The molecule has 72 valence electrons. The first-order valence-corrected chi connectivity index (χ1v) is 3.58. The highest BCUT2D eigenvalue weighted by molar-refractivity contribution is 5.86. The molecule has 0 aromatic carbocycles. The Morgan fingerprint density at radius 3 is 2.92 bits per heavy atom. The number of hydrogen-bond acceptors (Lipinski definition) is 6. The van der Waals surface area contributed by atoms with E-state index in [1.54, 1.807) is 6.92 Å². The van der Waals surface area contributed by atoms with Crippen molar-refractivity contribution >= 4 is 11.9 Å². The van der Waals surface area contributed by atoms with Crippen molar-refractivity contribution in [2.75, 3.05) is 11.8 Å². The Bertz CT molecular complexity index is 293. The molecule has 0 amide bonds. The van der Waals surface area contributed by atoms with Crippen LogP contribution in [0.25, 0.3) is 0 Å². The van der Waals surface area contributed by atoms with Crippen molar-refractivity contribution in [3.8, 4) is 0 Å². The monoisotopic (exact) mass is 186 g/mol. The van der Waals surface area contributed by atoms with Gasteiger partial charge in [0.2, 0.25) is 11.6 Å². The maximum absolute atomic E-state index is 11.0. The lowest BCUT2D eigenvalue weighted by Crippen LogP contribution is -2.06. The number of furan rings is 1. The number of carbonyl (C=O) groups excluding carboxylic acids is 1. The zero-order valence-corrected chi connectivity index (χ0v) is 6.89. The summed E-state index contributed by atoms with van der Waals surface area (Å²) in [4.78, 5) is 11.0. The molecule has 0 atom stereocenters. The molecule has 1 heterocycles. The molecule has 6 heteroatoms. The number of nitrogens with zero attached hydrogens (tertiary/aromatic N) is 1. The molecule has 0 radical (unpaired) electrons. The highest BCUT2D eigenvalue weighted by atomic mass is 16.8. The number of hydrogen-bond donors (Lipinski definition) is 1. The van der Waals surface area contributed by atoms with Gasteiger partial charge < -0.3 is 14.4 Å². The largest absolute Gasteiger partial charge is 0.731 e. The van der Waals surface area contributed by atoms with Crippen LogP contribution in [0.2, 0.25) is 0 Å². The van der Waals surface area contributed by atoms with Crippen molar-refractivity contribution < 1.29 is 19.2 Å². The number of ether oxygens (including phenoxy) is 1. The Hall–Kier alpha value is -1.53. The molecule has 0 saturated carbocycles. The highest BCUT2D eigenvalue weighted by Gasteiger charge is 2.11. The zero-order valence-electron chi connectivity index (χ0n) is 6.89. The minimum absolute atomic E-state index is 0.119. The van der Waals surface area contributed by atoms with E-state index in [4.69, 9.17) is 5.21 Å². The fourth-order valence-electron chi connectivity index (χ4n) is 0.742. The van der Waals surface area contributed by atoms with E-state index in [0.29, 0.717) is 0 Å². The Kier molecular flexibility index (Phi) is 2.88. The average Bonchev–Trinajstić information content (AvgIpc) is 2.52. The van der Waals surface area contributed by atoms with E-state index in [-0.39, 0.29) is 18.3 Å². The summed E-state index contributed by atoms with van der Waals surface area (Å²) in [6.07, 6.45) is 0. The SMILES string of the molecule is CCOC(=O)c1ccc(N([O-])O)o1. The lowest BCUT2D eigenvalue weighted by Gasteiger charge is -2.16. The van der Waals surface area contributed by atoms with Gasteiger partial charge in [0, 0.05) is 6.07 Å². The van der Waals surface area contributed by atoms with Crippen molar-refractivity contribution in [3.05, 3.63) is 23.1 Å². The van der Waals surface area contributed by atoms with E-state index in [0.717, 1.165) is 0 Å². The van der Waals surface area contributed by atoms with Crippen LogP contribution in [0, 0.1) is 5.21 Å². The van der Waals surface area contributed by atoms with Crippen LogP contribution in [-0.2, 0) is 4.74 Å². The Morgan fingerprint density at radius 2 is 2.46 bits per heavy atom. The molecule has 1 N–H and O–H groups in total. The Labute approximate surface area is 73.9 Å². The second-order valence-corrected chi connectivity index (χ2v) is 2.13.